The van der Waals surface area contributed by atoms with Crippen molar-refractivity contribution in [2.75, 3.05) is 7.05 Å². The number of aryl methyl sites for hydroxylation is 1. The van der Waals surface area contributed by atoms with E-state index in [0.29, 0.717) is 12.1 Å². The van der Waals surface area contributed by atoms with Gasteiger partial charge < -0.3 is 0 Å². The summed E-state index contributed by atoms with van der Waals surface area (Å²) in [5.41, 5.74) is 6.35. The third kappa shape index (κ3) is 3.90. The average Bonchev–Trinajstić information content (AvgIpc) is 2.49. The van der Waals surface area contributed by atoms with Crippen molar-refractivity contribution in [3.8, 4) is 0 Å². The number of rotatable bonds is 5. The lowest BCUT2D eigenvalue weighted by molar-refractivity contribution is 0.0952. The van der Waals surface area contributed by atoms with E-state index in [1.54, 1.807) is 6.07 Å². The molecule has 0 heterocycles. The number of hydrazine groups is 1. The average molecular weight is 283 g/mol. The van der Waals surface area contributed by atoms with Crippen LogP contribution in [0.5, 0.6) is 0 Å². The van der Waals surface area contributed by atoms with Gasteiger partial charge in [-0.05, 0) is 36.7 Å². The third-order valence-corrected chi connectivity index (χ3v) is 3.53. The maximum Gasteiger partial charge on any atom is 0.265 e. The molecule has 0 aliphatic heterocycles. The minimum Gasteiger partial charge on any atom is -0.298 e. The van der Waals surface area contributed by atoms with Gasteiger partial charge in [-0.1, -0.05) is 42.5 Å². The van der Waals surface area contributed by atoms with E-state index >= 15 is 0 Å². The van der Waals surface area contributed by atoms with Crippen LogP contribution in [0.15, 0.2) is 48.5 Å². The molecule has 2 rings (SSSR count). The first kappa shape index (κ1) is 15.2. The van der Waals surface area contributed by atoms with E-state index in [9.17, 15) is 4.79 Å². The molecule has 1 amide bonds. The molecule has 2 aromatic rings. The number of carbonyl (C=O) groups is 1. The molecule has 4 heteroatoms. The van der Waals surface area contributed by atoms with Crippen molar-refractivity contribution in [1.29, 1.82) is 0 Å². The Morgan fingerprint density at radius 3 is 2.29 bits per heavy atom. The van der Waals surface area contributed by atoms with Crippen LogP contribution in [0.4, 0.5) is 0 Å². The van der Waals surface area contributed by atoms with Crippen molar-refractivity contribution in [1.82, 2.24) is 10.3 Å². The lowest BCUT2D eigenvalue weighted by Crippen LogP contribution is -2.31. The molecule has 3 N–H and O–H groups in total. The quantitative estimate of drug-likeness (QED) is 0.502. The van der Waals surface area contributed by atoms with Crippen molar-refractivity contribution < 1.29 is 4.79 Å². The van der Waals surface area contributed by atoms with Gasteiger partial charge in [-0.3, -0.25) is 15.1 Å². The molecular formula is C17H21N3O. The van der Waals surface area contributed by atoms with Gasteiger partial charge in [0.1, 0.15) is 0 Å². The monoisotopic (exact) mass is 283 g/mol. The van der Waals surface area contributed by atoms with E-state index in [1.807, 2.05) is 37.4 Å². The minimum atomic E-state index is -0.255. The van der Waals surface area contributed by atoms with Gasteiger partial charge in [0, 0.05) is 18.7 Å². The maximum absolute atomic E-state index is 11.8. The van der Waals surface area contributed by atoms with E-state index in [1.165, 1.54) is 11.1 Å². The van der Waals surface area contributed by atoms with Crippen LogP contribution in [0.2, 0.25) is 0 Å². The molecule has 0 radical (unpaired) electrons. The van der Waals surface area contributed by atoms with Crippen molar-refractivity contribution in [3.63, 3.8) is 0 Å². The number of nitrogen functional groups attached to an aromatic ring is 1. The summed E-state index contributed by atoms with van der Waals surface area (Å²) in [6, 6.07) is 15.9. The molecule has 4 nitrogen and oxygen atoms in total. The molecular weight excluding hydrogens is 262 g/mol. The Bertz CT molecular complexity index is 625. The number of nitrogens with one attached hydrogen (secondary N) is 1. The van der Waals surface area contributed by atoms with Gasteiger partial charge >= 0.3 is 0 Å². The Balaban J connectivity index is 2.11. The summed E-state index contributed by atoms with van der Waals surface area (Å²) in [6.07, 6.45) is 0. The van der Waals surface area contributed by atoms with Crippen LogP contribution in [0.1, 0.15) is 27.0 Å². The van der Waals surface area contributed by atoms with Gasteiger partial charge in [0.2, 0.25) is 0 Å². The zero-order valence-corrected chi connectivity index (χ0v) is 12.5. The van der Waals surface area contributed by atoms with Crippen LogP contribution in [0.25, 0.3) is 0 Å². The van der Waals surface area contributed by atoms with Gasteiger partial charge in [0.25, 0.3) is 5.91 Å². The molecule has 0 saturated carbocycles. The highest BCUT2D eigenvalue weighted by atomic mass is 16.2. The SMILES string of the molecule is Cc1ccccc1CN(C)Cc1ccccc1C(=O)NN. The van der Waals surface area contributed by atoms with Gasteiger partial charge in [-0.2, -0.15) is 0 Å². The van der Waals surface area contributed by atoms with Crippen molar-refractivity contribution in [2.24, 2.45) is 5.84 Å². The van der Waals surface area contributed by atoms with E-state index in [4.69, 9.17) is 5.84 Å². The molecule has 2 aromatic carbocycles. The lowest BCUT2D eigenvalue weighted by atomic mass is 10.1. The minimum absolute atomic E-state index is 0.255. The maximum atomic E-state index is 11.8. The third-order valence-electron chi connectivity index (χ3n) is 3.53. The fourth-order valence-electron chi connectivity index (χ4n) is 2.38. The highest BCUT2D eigenvalue weighted by Gasteiger charge is 2.11. The molecule has 0 aliphatic carbocycles. The number of nitrogens with two attached hydrogens (primary N) is 1. The van der Waals surface area contributed by atoms with Crippen LogP contribution in [0.3, 0.4) is 0 Å². The van der Waals surface area contributed by atoms with Crippen molar-refractivity contribution in [3.05, 3.63) is 70.8 Å². The van der Waals surface area contributed by atoms with E-state index in [-0.39, 0.29) is 5.91 Å². The molecule has 0 saturated heterocycles. The summed E-state index contributed by atoms with van der Waals surface area (Å²) in [5, 5.41) is 0. The summed E-state index contributed by atoms with van der Waals surface area (Å²) in [4.78, 5) is 14.0. The highest BCUT2D eigenvalue weighted by Crippen LogP contribution is 2.14. The summed E-state index contributed by atoms with van der Waals surface area (Å²) >= 11 is 0. The highest BCUT2D eigenvalue weighted by molar-refractivity contribution is 5.95. The van der Waals surface area contributed by atoms with E-state index in [0.717, 1.165) is 12.1 Å². The number of hydrogen-bond acceptors (Lipinski definition) is 3. The van der Waals surface area contributed by atoms with Gasteiger partial charge in [0.15, 0.2) is 0 Å². The second kappa shape index (κ2) is 7.02. The predicted octanol–water partition coefficient (Wildman–Crippen LogP) is 2.23. The topological polar surface area (TPSA) is 58.4 Å². The number of carbonyl (C=O) groups excluding carboxylic acids is 1. The Hall–Kier alpha value is -2.17. The van der Waals surface area contributed by atoms with Crippen LogP contribution < -0.4 is 11.3 Å². The van der Waals surface area contributed by atoms with Gasteiger partial charge in [-0.15, -0.1) is 0 Å². The Labute approximate surface area is 125 Å². The van der Waals surface area contributed by atoms with Crippen molar-refractivity contribution in [2.45, 2.75) is 20.0 Å². The molecule has 0 spiro atoms. The summed E-state index contributed by atoms with van der Waals surface area (Å²) in [6.45, 7) is 3.64. The van der Waals surface area contributed by atoms with Crippen LogP contribution >= 0.6 is 0 Å². The summed E-state index contributed by atoms with van der Waals surface area (Å²) in [5.74, 6) is 4.98. The largest absolute Gasteiger partial charge is 0.298 e. The van der Waals surface area contributed by atoms with Crippen molar-refractivity contribution >= 4 is 5.91 Å². The van der Waals surface area contributed by atoms with E-state index in [2.05, 4.69) is 29.4 Å². The Morgan fingerprint density at radius 1 is 1.05 bits per heavy atom. The summed E-state index contributed by atoms with van der Waals surface area (Å²) in [7, 11) is 2.05. The standard InChI is InChI=1S/C17H21N3O/c1-13-7-3-4-8-14(13)11-20(2)12-15-9-5-6-10-16(15)17(21)19-18/h3-10H,11-12,18H2,1-2H3,(H,19,21). The Kier molecular flexibility index (Phi) is 5.09. The molecule has 0 atom stereocenters. The fourth-order valence-corrected chi connectivity index (χ4v) is 2.38. The van der Waals surface area contributed by atoms with Gasteiger partial charge in [0.05, 0.1) is 0 Å². The number of nitrogens with zero attached hydrogens (tertiary/aromatic N) is 1. The van der Waals surface area contributed by atoms with E-state index < -0.39 is 0 Å². The number of benzene rings is 2. The molecule has 0 aromatic heterocycles. The summed E-state index contributed by atoms with van der Waals surface area (Å²) < 4.78 is 0. The molecule has 0 unspecified atom stereocenters. The van der Waals surface area contributed by atoms with Gasteiger partial charge in [-0.25, -0.2) is 5.84 Å². The second-order valence-electron chi connectivity index (χ2n) is 5.23. The zero-order chi connectivity index (χ0) is 15.2. The second-order valence-corrected chi connectivity index (χ2v) is 5.23. The fraction of sp³-hybridized carbons (Fsp3) is 0.235. The zero-order valence-electron chi connectivity index (χ0n) is 12.5. The van der Waals surface area contributed by atoms with Crippen LogP contribution in [-0.2, 0) is 13.1 Å². The van der Waals surface area contributed by atoms with Crippen LogP contribution in [0, 0.1) is 6.92 Å². The first-order valence-corrected chi connectivity index (χ1v) is 6.93. The van der Waals surface area contributed by atoms with Crippen LogP contribution in [-0.4, -0.2) is 17.9 Å². The predicted molar refractivity (Wildman–Crippen MR) is 84.4 cm³/mol. The molecule has 0 bridgehead atoms. The normalized spacial score (nSPS) is 10.7. The smallest absolute Gasteiger partial charge is 0.265 e. The molecule has 0 fully saturated rings. The molecule has 0 aliphatic rings. The number of hydrogen-bond donors (Lipinski definition) is 2. The first-order chi connectivity index (χ1) is 10.1. The lowest BCUT2D eigenvalue weighted by Gasteiger charge is -2.19. The molecule has 21 heavy (non-hydrogen) atoms. The molecule has 110 valence electrons. The first-order valence-electron chi connectivity index (χ1n) is 6.93. The Morgan fingerprint density at radius 2 is 1.62 bits per heavy atom. The number of amides is 1.